The Balaban J connectivity index is 1.78. The molecule has 136 valence electrons. The lowest BCUT2D eigenvalue weighted by atomic mass is 10.1. The predicted octanol–water partition coefficient (Wildman–Crippen LogP) is 4.00. The molecule has 0 unspecified atom stereocenters. The molecule has 2 aromatic heterocycles. The molecule has 2 heterocycles. The minimum Gasteiger partial charge on any atom is -0.506 e. The summed E-state index contributed by atoms with van der Waals surface area (Å²) in [7, 11) is 0. The van der Waals surface area contributed by atoms with E-state index in [9.17, 15) is 9.90 Å². The van der Waals surface area contributed by atoms with Gasteiger partial charge in [0, 0.05) is 16.0 Å². The van der Waals surface area contributed by atoms with Crippen molar-refractivity contribution in [2.45, 2.75) is 6.92 Å². The first-order chi connectivity index (χ1) is 13.1. The van der Waals surface area contributed by atoms with Crippen LogP contribution in [0, 0.1) is 0 Å². The lowest BCUT2D eigenvalue weighted by molar-refractivity contribution is 0.340. The molecule has 27 heavy (non-hydrogen) atoms. The highest BCUT2D eigenvalue weighted by atomic mass is 35.5. The number of H-pyrrole nitrogens is 1. The molecule has 2 N–H and O–H groups in total. The van der Waals surface area contributed by atoms with Gasteiger partial charge in [-0.2, -0.15) is 4.98 Å². The molecule has 0 aliphatic rings. The third-order valence-electron chi connectivity index (χ3n) is 4.01. The van der Waals surface area contributed by atoms with Crippen LogP contribution in [0.2, 0.25) is 5.02 Å². The molecule has 0 radical (unpaired) electrons. The average molecular weight is 384 g/mol. The van der Waals surface area contributed by atoms with E-state index in [4.69, 9.17) is 20.9 Å². The second-order valence-corrected chi connectivity index (χ2v) is 6.18. The monoisotopic (exact) mass is 383 g/mol. The fourth-order valence-corrected chi connectivity index (χ4v) is 2.93. The lowest BCUT2D eigenvalue weighted by Gasteiger charge is -2.04. The van der Waals surface area contributed by atoms with Gasteiger partial charge in [0.05, 0.1) is 12.1 Å². The minimum absolute atomic E-state index is 0.0838. The number of ether oxygens (including phenoxy) is 1. The van der Waals surface area contributed by atoms with E-state index in [1.165, 1.54) is 0 Å². The van der Waals surface area contributed by atoms with E-state index in [-0.39, 0.29) is 23.0 Å². The maximum absolute atomic E-state index is 12.4. The molecule has 7 nitrogen and oxygen atoms in total. The Morgan fingerprint density at radius 2 is 2.00 bits per heavy atom. The molecule has 0 saturated carbocycles. The number of aromatic nitrogens is 3. The van der Waals surface area contributed by atoms with Crippen LogP contribution in [0.25, 0.3) is 33.7 Å². The van der Waals surface area contributed by atoms with E-state index in [1.54, 1.807) is 42.5 Å². The maximum atomic E-state index is 12.4. The number of benzene rings is 2. The summed E-state index contributed by atoms with van der Waals surface area (Å²) in [6, 6.07) is 11.9. The molecule has 0 spiro atoms. The van der Waals surface area contributed by atoms with Gasteiger partial charge in [-0.05, 0) is 49.4 Å². The Kier molecular flexibility index (Phi) is 4.29. The van der Waals surface area contributed by atoms with Crippen molar-refractivity contribution in [1.29, 1.82) is 0 Å². The van der Waals surface area contributed by atoms with Gasteiger partial charge in [0.15, 0.2) is 0 Å². The summed E-state index contributed by atoms with van der Waals surface area (Å²) >= 11 is 5.98. The number of pyridine rings is 1. The molecule has 8 heteroatoms. The zero-order valence-electron chi connectivity index (χ0n) is 14.2. The van der Waals surface area contributed by atoms with Gasteiger partial charge in [-0.1, -0.05) is 16.8 Å². The highest BCUT2D eigenvalue weighted by Gasteiger charge is 2.20. The highest BCUT2D eigenvalue weighted by Crippen LogP contribution is 2.33. The standard InChI is InChI=1S/C19H14ClN3O4/c1-2-26-12-6-3-10(4-7-12)17-22-19(27-23-17)15-16(24)13-9-11(20)5-8-14(13)21-18(15)25/h3-9H,2H2,1H3,(H2,21,24,25). The number of nitrogens with zero attached hydrogens (tertiary/aromatic N) is 2. The fraction of sp³-hybridized carbons (Fsp3) is 0.105. The Labute approximate surface area is 158 Å². The van der Waals surface area contributed by atoms with Crippen LogP contribution in [0.3, 0.4) is 0 Å². The van der Waals surface area contributed by atoms with Crippen LogP contribution in [-0.2, 0) is 0 Å². The molecular formula is C19H14ClN3O4. The third-order valence-corrected chi connectivity index (χ3v) is 4.25. The largest absolute Gasteiger partial charge is 0.506 e. The molecule has 0 aliphatic heterocycles. The summed E-state index contributed by atoms with van der Waals surface area (Å²) in [5.74, 6) is 0.668. The van der Waals surface area contributed by atoms with E-state index in [0.29, 0.717) is 28.1 Å². The summed E-state index contributed by atoms with van der Waals surface area (Å²) in [6.07, 6.45) is 0. The van der Waals surface area contributed by atoms with Crippen molar-refractivity contribution in [3.05, 3.63) is 57.8 Å². The molecule has 2 aromatic carbocycles. The first kappa shape index (κ1) is 17.1. The van der Waals surface area contributed by atoms with Gasteiger partial charge in [-0.25, -0.2) is 0 Å². The Bertz CT molecular complexity index is 1180. The van der Waals surface area contributed by atoms with Crippen molar-refractivity contribution < 1.29 is 14.4 Å². The zero-order chi connectivity index (χ0) is 19.0. The Morgan fingerprint density at radius 1 is 1.22 bits per heavy atom. The smallest absolute Gasteiger partial charge is 0.267 e. The van der Waals surface area contributed by atoms with Crippen molar-refractivity contribution in [3.8, 4) is 34.3 Å². The quantitative estimate of drug-likeness (QED) is 0.552. The summed E-state index contributed by atoms with van der Waals surface area (Å²) in [5.41, 5.74) is 0.503. The zero-order valence-corrected chi connectivity index (χ0v) is 14.9. The van der Waals surface area contributed by atoms with E-state index < -0.39 is 5.56 Å². The predicted molar refractivity (Wildman–Crippen MR) is 101 cm³/mol. The number of hydrogen-bond acceptors (Lipinski definition) is 6. The first-order valence-electron chi connectivity index (χ1n) is 8.18. The molecule has 4 rings (SSSR count). The SMILES string of the molecule is CCOc1ccc(-c2noc(-c3c(O)c4cc(Cl)ccc4[nH]c3=O)n2)cc1. The van der Waals surface area contributed by atoms with E-state index in [1.807, 2.05) is 6.92 Å². The van der Waals surface area contributed by atoms with E-state index >= 15 is 0 Å². The fourth-order valence-electron chi connectivity index (χ4n) is 2.76. The average Bonchev–Trinajstić information content (AvgIpc) is 3.13. The van der Waals surface area contributed by atoms with E-state index in [2.05, 4.69) is 15.1 Å². The number of aromatic amines is 1. The minimum atomic E-state index is -0.538. The molecule has 0 bridgehead atoms. The van der Waals surface area contributed by atoms with Crippen LogP contribution >= 0.6 is 11.6 Å². The number of fused-ring (bicyclic) bond motifs is 1. The van der Waals surface area contributed by atoms with Crippen molar-refractivity contribution in [1.82, 2.24) is 15.1 Å². The number of nitrogens with one attached hydrogen (secondary N) is 1. The first-order valence-corrected chi connectivity index (χ1v) is 8.56. The molecule has 0 fully saturated rings. The van der Waals surface area contributed by atoms with Gasteiger partial charge >= 0.3 is 0 Å². The van der Waals surface area contributed by atoms with Crippen LogP contribution in [0.4, 0.5) is 0 Å². The number of rotatable bonds is 4. The van der Waals surface area contributed by atoms with Crippen molar-refractivity contribution >= 4 is 22.5 Å². The van der Waals surface area contributed by atoms with E-state index in [0.717, 1.165) is 5.75 Å². The number of halogens is 1. The second kappa shape index (κ2) is 6.77. The second-order valence-electron chi connectivity index (χ2n) is 5.75. The maximum Gasteiger partial charge on any atom is 0.267 e. The van der Waals surface area contributed by atoms with Crippen LogP contribution in [0.15, 0.2) is 51.8 Å². The number of hydrogen-bond donors (Lipinski definition) is 2. The van der Waals surface area contributed by atoms with Crippen LogP contribution in [0.5, 0.6) is 11.5 Å². The molecule has 0 saturated heterocycles. The Hall–Kier alpha value is -3.32. The van der Waals surface area contributed by atoms with Gasteiger partial charge in [0.2, 0.25) is 5.82 Å². The summed E-state index contributed by atoms with van der Waals surface area (Å²) in [5, 5.41) is 15.3. The highest BCUT2D eigenvalue weighted by molar-refractivity contribution is 6.31. The van der Waals surface area contributed by atoms with Gasteiger partial charge in [0.1, 0.15) is 17.1 Å². The van der Waals surface area contributed by atoms with Crippen molar-refractivity contribution in [2.24, 2.45) is 0 Å². The van der Waals surface area contributed by atoms with Crippen LogP contribution in [-0.4, -0.2) is 26.8 Å². The lowest BCUT2D eigenvalue weighted by Crippen LogP contribution is -2.09. The Morgan fingerprint density at radius 3 is 2.74 bits per heavy atom. The molecule has 0 amide bonds. The molecule has 0 aliphatic carbocycles. The van der Waals surface area contributed by atoms with Crippen LogP contribution < -0.4 is 10.3 Å². The summed E-state index contributed by atoms with van der Waals surface area (Å²) in [4.78, 5) is 19.3. The molecular weight excluding hydrogens is 370 g/mol. The summed E-state index contributed by atoms with van der Waals surface area (Å²) < 4.78 is 10.6. The van der Waals surface area contributed by atoms with Gasteiger partial charge < -0.3 is 19.4 Å². The summed E-state index contributed by atoms with van der Waals surface area (Å²) in [6.45, 7) is 2.47. The number of aromatic hydroxyl groups is 1. The topological polar surface area (TPSA) is 101 Å². The normalized spacial score (nSPS) is 11.0. The van der Waals surface area contributed by atoms with Crippen LogP contribution in [0.1, 0.15) is 6.92 Å². The van der Waals surface area contributed by atoms with Gasteiger partial charge in [-0.15, -0.1) is 0 Å². The van der Waals surface area contributed by atoms with Crippen molar-refractivity contribution in [2.75, 3.05) is 6.61 Å². The van der Waals surface area contributed by atoms with Gasteiger partial charge in [0.25, 0.3) is 11.4 Å². The molecule has 0 atom stereocenters. The van der Waals surface area contributed by atoms with Gasteiger partial charge in [-0.3, -0.25) is 4.79 Å². The van der Waals surface area contributed by atoms with Crippen molar-refractivity contribution in [3.63, 3.8) is 0 Å². The third kappa shape index (κ3) is 3.13. The molecule has 4 aromatic rings.